The topological polar surface area (TPSA) is 494 Å². The predicted octanol–water partition coefficient (Wildman–Crippen LogP) is 17.7. The monoisotopic (exact) mass is 2060 g/mol. The maximum atomic E-state index is 13.7. The van der Waals surface area contributed by atoms with E-state index in [4.69, 9.17) is 23.1 Å². The first-order chi connectivity index (χ1) is 68.9. The first-order valence-corrected chi connectivity index (χ1v) is 50.5. The highest BCUT2D eigenvalue weighted by atomic mass is 35.5. The van der Waals surface area contributed by atoms with Gasteiger partial charge >= 0.3 is 18.2 Å². The number of sulfone groups is 1. The van der Waals surface area contributed by atoms with E-state index in [0.29, 0.717) is 80.2 Å². The second-order valence-corrected chi connectivity index (χ2v) is 37.1. The Hall–Kier alpha value is -15.8. The molecule has 144 heavy (non-hydrogen) atoms. The lowest BCUT2D eigenvalue weighted by atomic mass is 10.1. The molecule has 0 aliphatic carbocycles. The van der Waals surface area contributed by atoms with E-state index in [2.05, 4.69) is 123 Å². The number of nitrogen functional groups attached to an aromatic ring is 2. The molecule has 0 spiro atoms. The first-order valence-electron chi connectivity index (χ1n) is 43.3. The van der Waals surface area contributed by atoms with E-state index in [-0.39, 0.29) is 34.7 Å². The first kappa shape index (κ1) is 106. The van der Waals surface area contributed by atoms with Gasteiger partial charge in [0.1, 0.15) is 16.8 Å². The minimum atomic E-state index is -4.18. The van der Waals surface area contributed by atoms with E-state index in [1.165, 1.54) is 70.5 Å². The number of hydrogen-bond acceptors (Lipinski definition) is 35. The molecule has 0 atom stereocenters. The van der Waals surface area contributed by atoms with Crippen molar-refractivity contribution in [1.82, 2.24) is 114 Å². The Kier molecular flexibility index (Phi) is 35.2. The van der Waals surface area contributed by atoms with Crippen molar-refractivity contribution in [3.05, 3.63) is 282 Å². The van der Waals surface area contributed by atoms with Gasteiger partial charge in [0.15, 0.2) is 44.8 Å². The third kappa shape index (κ3) is 28.1. The standard InChI is InChI=1S/C21H19N7O3S.C21H19N7OS.C20H21N7S.C12H12N4OS.C8H9N3.C6H5ClN2OS.C6H8N2.C2H4F3N/c1-13-4-5-17(10-22-13)28-19-15(9-23-20(24-19)32(3,30)31)12-27(21(28)29)16-6-7-18-14(8-16)11-26(2)25-18;1-13-4-5-17(10-22-13)28-19-15(9-23-20(24-19)30-3)12-27(21(28)29)16-6-7-18-14(8-16)11-26(2)25-18;1-13-4-5-17(11-21-13)24-19-15(10-23-20(25-19)28-3)9-22-16-6-7-18-14(8-16)12-27(2)26-18;1-8-3-4-10(6-13-8)15-11-9(7-17)5-14-12(16-11)18-2;1-11-5-6-4-7(9)2-3-8(6)10-11;1-11-6-8-2-4(3-10)5(7)9-6;1-5-2-3-6(7)4-8-5;3-2(4,5)1-6/h4-11H,12H2,1-3H3;4-11H,12H2,1-3H3;4-8,10-12,22H,9H2,1-3H3,(H,23,24,25);3-7H,1-2H3,(H,14,15,16);2-5H,9H2,1H3;2-3H,1H3;2-4H,7H2,1H3;1,6H2. The Morgan fingerprint density at radius 1 is 0.424 bits per heavy atom. The van der Waals surface area contributed by atoms with Gasteiger partial charge in [-0.2, -0.15) is 38.5 Å². The molecule has 2 aliphatic rings. The number of urea groups is 2. The Bertz CT molecular complexity index is 7690. The maximum Gasteiger partial charge on any atom is 0.400 e. The molecule has 48 heteroatoms. The van der Waals surface area contributed by atoms with Crippen LogP contribution < -0.4 is 52.8 Å². The molecule has 4 aromatic carbocycles. The molecule has 2 aliphatic heterocycles. The molecule has 740 valence electrons. The summed E-state index contributed by atoms with van der Waals surface area (Å²) in [6.07, 6.45) is 30.0. The number of thioether (sulfide) groups is 4. The Morgan fingerprint density at radius 3 is 1.23 bits per heavy atom. The lowest BCUT2D eigenvalue weighted by Crippen LogP contribution is -2.45. The Labute approximate surface area is 846 Å². The molecule has 9 N–H and O–H groups in total. The zero-order chi connectivity index (χ0) is 103. The van der Waals surface area contributed by atoms with Crippen molar-refractivity contribution in [3.8, 4) is 0 Å². The number of alkyl halides is 3. The second-order valence-electron chi connectivity index (χ2n) is 31.8. The zero-order valence-corrected chi connectivity index (χ0v) is 84.9. The number of hydrogen-bond donors (Lipinski definition) is 6. The third-order valence-corrected chi connectivity index (χ3v) is 24.1. The number of carbonyl (C=O) groups is 4. The van der Waals surface area contributed by atoms with Crippen LogP contribution in [0.2, 0.25) is 5.15 Å². The van der Waals surface area contributed by atoms with E-state index in [1.54, 1.807) is 71.9 Å². The van der Waals surface area contributed by atoms with Gasteiger partial charge in [0.2, 0.25) is 15.0 Å². The minimum Gasteiger partial charge on any atom is -0.399 e. The summed E-state index contributed by atoms with van der Waals surface area (Å²) in [6.45, 7) is 9.53. The molecular formula is C96H97ClF3N33O6S5. The number of rotatable bonds is 18. The number of anilines is 13. The summed E-state index contributed by atoms with van der Waals surface area (Å²) < 4.78 is 63.1. The van der Waals surface area contributed by atoms with Crippen molar-refractivity contribution >= 4 is 211 Å². The van der Waals surface area contributed by atoms with Crippen LogP contribution in [0.25, 0.3) is 43.6 Å². The largest absolute Gasteiger partial charge is 0.400 e. The lowest BCUT2D eigenvalue weighted by molar-refractivity contribution is -0.118. The van der Waals surface area contributed by atoms with E-state index in [0.717, 1.165) is 141 Å². The van der Waals surface area contributed by atoms with Gasteiger partial charge in [-0.1, -0.05) is 58.6 Å². The molecule has 14 aromatic heterocycles. The molecule has 0 radical (unpaired) electrons. The minimum absolute atomic E-state index is 0.179. The van der Waals surface area contributed by atoms with Gasteiger partial charge < -0.3 is 33.2 Å². The Balaban J connectivity index is 0.000000145. The summed E-state index contributed by atoms with van der Waals surface area (Å²) in [4.78, 5) is 118. The van der Waals surface area contributed by atoms with Crippen molar-refractivity contribution in [2.24, 2.45) is 33.9 Å². The highest BCUT2D eigenvalue weighted by Crippen LogP contribution is 2.40. The quantitative estimate of drug-likeness (QED) is 0.0153. The van der Waals surface area contributed by atoms with Gasteiger partial charge in [0.25, 0.3) is 0 Å². The number of fused-ring (bicyclic) bond motifs is 6. The summed E-state index contributed by atoms with van der Waals surface area (Å²) >= 11 is 11.4. The number of nitrogens with one attached hydrogen (secondary N) is 3. The van der Waals surface area contributed by atoms with Crippen LogP contribution in [0.3, 0.4) is 0 Å². The number of nitrogens with two attached hydrogens (primary N) is 3. The third-order valence-electron chi connectivity index (χ3n) is 20.7. The number of aldehydes is 2. The van der Waals surface area contributed by atoms with Crippen LogP contribution in [0, 0.1) is 34.6 Å². The van der Waals surface area contributed by atoms with Gasteiger partial charge in [-0.25, -0.2) is 72.7 Å². The van der Waals surface area contributed by atoms with Gasteiger partial charge in [-0.3, -0.25) is 63.0 Å². The summed E-state index contributed by atoms with van der Waals surface area (Å²) in [6, 6.07) is 41.5. The number of pyridine rings is 5. The zero-order valence-electron chi connectivity index (χ0n) is 80.1. The molecule has 39 nitrogen and oxygen atoms in total. The van der Waals surface area contributed by atoms with E-state index in [1.807, 2.05) is 245 Å². The van der Waals surface area contributed by atoms with Crippen LogP contribution in [0.1, 0.15) is 65.9 Å². The fourth-order valence-corrected chi connectivity index (χ4v) is 15.7. The predicted molar refractivity (Wildman–Crippen MR) is 559 cm³/mol. The van der Waals surface area contributed by atoms with E-state index < -0.39 is 22.6 Å². The molecule has 0 fully saturated rings. The highest BCUT2D eigenvalue weighted by molar-refractivity contribution is 7.99. The van der Waals surface area contributed by atoms with Crippen molar-refractivity contribution in [3.63, 3.8) is 0 Å². The van der Waals surface area contributed by atoms with Crippen molar-refractivity contribution in [1.29, 1.82) is 0 Å². The van der Waals surface area contributed by atoms with Gasteiger partial charge in [0.05, 0.1) is 112 Å². The highest BCUT2D eigenvalue weighted by Gasteiger charge is 2.38. The number of benzene rings is 4. The van der Waals surface area contributed by atoms with Crippen molar-refractivity contribution in [2.45, 2.75) is 86.2 Å². The van der Waals surface area contributed by atoms with Crippen LogP contribution in [-0.2, 0) is 57.7 Å². The average molecular weight is 2060 g/mol. The molecule has 4 amide bonds. The number of carbonyl (C=O) groups excluding carboxylic acids is 4. The molecule has 0 saturated carbocycles. The summed E-state index contributed by atoms with van der Waals surface area (Å²) in [5.74, 6) is 2.11. The summed E-state index contributed by atoms with van der Waals surface area (Å²) in [5, 5.41) is 33.8. The van der Waals surface area contributed by atoms with Gasteiger partial charge in [-0.05, 0) is 193 Å². The molecule has 0 bridgehead atoms. The number of amides is 4. The molecule has 16 heterocycles. The SMILES string of the molecule is CSc1ncc(C=O)c(Cl)n1.CSc1ncc(C=O)c(Nc2ccc(C)nc2)n1.CSc1ncc(CNc2ccc3nn(C)cc3c2)c(Nc2ccc(C)nc2)n1.CSc1ncc2c(n1)N(c1ccc(C)nc1)C(=O)N(c1ccc3nn(C)cc3c1)C2.Cc1ccc(N)cn1.Cc1ccc(N2C(=O)N(c3ccc4nn(C)cc4c3)Cc3cnc(S(C)(=O)=O)nc32)cn1.Cn1cc2cc(N)ccc2n1.NCC(F)(F)F. The molecule has 0 unspecified atom stereocenters. The lowest BCUT2D eigenvalue weighted by Gasteiger charge is -2.36. The smallest absolute Gasteiger partial charge is 0.399 e. The van der Waals surface area contributed by atoms with Crippen molar-refractivity contribution < 1.29 is 40.8 Å². The molecule has 18 aromatic rings. The molecule has 20 rings (SSSR count). The fraction of sp³-hybridized carbons (Fsp3) is 0.198. The molecular weight excluding hydrogens is 1960 g/mol. The van der Waals surface area contributed by atoms with Gasteiger partial charge in [-0.15, -0.1) is 0 Å². The van der Waals surface area contributed by atoms with Crippen LogP contribution in [0.4, 0.5) is 97.2 Å². The van der Waals surface area contributed by atoms with Crippen LogP contribution >= 0.6 is 58.6 Å². The van der Waals surface area contributed by atoms with E-state index in [9.17, 15) is 40.8 Å². The Morgan fingerprint density at radius 2 is 0.799 bits per heavy atom. The van der Waals surface area contributed by atoms with Gasteiger partial charge in [0, 0.05) is 186 Å². The number of aryl methyl sites for hydroxylation is 9. The summed E-state index contributed by atoms with van der Waals surface area (Å²) in [5.41, 5.74) is 33.5. The second kappa shape index (κ2) is 48.1. The summed E-state index contributed by atoms with van der Waals surface area (Å²) in [7, 11) is 3.89. The number of halogens is 4. The van der Waals surface area contributed by atoms with Crippen LogP contribution in [-0.4, -0.2) is 191 Å². The fourth-order valence-electron chi connectivity index (χ4n) is 13.6. The van der Waals surface area contributed by atoms with Crippen LogP contribution in [0.15, 0.2) is 246 Å². The van der Waals surface area contributed by atoms with E-state index >= 15 is 0 Å². The van der Waals surface area contributed by atoms with Crippen molar-refractivity contribution in [2.75, 3.05) is 84.8 Å². The normalized spacial score (nSPS) is 12.0. The average Bonchev–Trinajstić information content (AvgIpc) is 0.900. The maximum absolute atomic E-state index is 13.7. The number of nitrogens with zero attached hydrogens (tertiary/aromatic N) is 27. The molecule has 0 saturated heterocycles. The van der Waals surface area contributed by atoms with Crippen LogP contribution in [0.5, 0.6) is 0 Å². The number of aromatic nitrogens is 23.